The summed E-state index contributed by atoms with van der Waals surface area (Å²) in [6.07, 6.45) is 0.688. The van der Waals surface area contributed by atoms with Gasteiger partial charge in [-0.15, -0.1) is 0 Å². The molecule has 6 nitrogen and oxygen atoms in total. The van der Waals surface area contributed by atoms with Gasteiger partial charge in [-0.1, -0.05) is 6.92 Å². The lowest BCUT2D eigenvalue weighted by atomic mass is 10.1. The number of piperazine rings is 1. The van der Waals surface area contributed by atoms with Crippen LogP contribution in [0.1, 0.15) is 24.7 Å². The molecule has 98 valence electrons. The van der Waals surface area contributed by atoms with E-state index in [1.807, 2.05) is 27.0 Å². The molecule has 1 unspecified atom stereocenters. The van der Waals surface area contributed by atoms with Crippen LogP contribution in [0.3, 0.4) is 0 Å². The first-order valence-electron chi connectivity index (χ1n) is 6.10. The molecule has 0 radical (unpaired) electrons. The summed E-state index contributed by atoms with van der Waals surface area (Å²) in [5.74, 6) is -0.323. The third-order valence-corrected chi connectivity index (χ3v) is 3.19. The first kappa shape index (κ1) is 12.8. The van der Waals surface area contributed by atoms with Gasteiger partial charge in [0.2, 0.25) is 11.8 Å². The Balaban J connectivity index is 2.18. The SMILES string of the molecule is CCC1NCC(=O)N(Cc2cc(C)nn2C)C1=O. The van der Waals surface area contributed by atoms with Crippen molar-refractivity contribution in [2.45, 2.75) is 32.9 Å². The van der Waals surface area contributed by atoms with Crippen LogP contribution in [-0.4, -0.2) is 39.1 Å². The van der Waals surface area contributed by atoms with Gasteiger partial charge in [-0.3, -0.25) is 24.5 Å². The van der Waals surface area contributed by atoms with E-state index < -0.39 is 0 Å². The van der Waals surface area contributed by atoms with E-state index in [4.69, 9.17) is 0 Å². The number of hydrogen-bond acceptors (Lipinski definition) is 4. The van der Waals surface area contributed by atoms with Crippen LogP contribution < -0.4 is 5.32 Å². The third-order valence-electron chi connectivity index (χ3n) is 3.19. The highest BCUT2D eigenvalue weighted by Gasteiger charge is 2.33. The standard InChI is InChI=1S/C12H18N4O2/c1-4-10-12(18)16(11(17)6-13-10)7-9-5-8(2)14-15(9)3/h5,10,13H,4,6-7H2,1-3H3. The first-order chi connectivity index (χ1) is 8.52. The number of aromatic nitrogens is 2. The van der Waals surface area contributed by atoms with Crippen LogP contribution in [0.5, 0.6) is 0 Å². The molecule has 2 rings (SSSR count). The summed E-state index contributed by atoms with van der Waals surface area (Å²) in [5, 5.41) is 7.16. The van der Waals surface area contributed by atoms with Gasteiger partial charge in [0.1, 0.15) is 0 Å². The number of aryl methyl sites for hydroxylation is 2. The highest BCUT2D eigenvalue weighted by atomic mass is 16.2. The smallest absolute Gasteiger partial charge is 0.246 e. The number of carbonyl (C=O) groups excluding carboxylic acids is 2. The van der Waals surface area contributed by atoms with Crippen LogP contribution in [0.15, 0.2) is 6.07 Å². The molecule has 0 spiro atoms. The molecule has 0 bridgehead atoms. The zero-order valence-electron chi connectivity index (χ0n) is 10.9. The zero-order chi connectivity index (χ0) is 13.3. The summed E-state index contributed by atoms with van der Waals surface area (Å²) in [6.45, 7) is 4.34. The molecule has 1 aliphatic rings. The van der Waals surface area contributed by atoms with Gasteiger partial charge in [-0.25, -0.2) is 0 Å². The lowest BCUT2D eigenvalue weighted by Gasteiger charge is -2.30. The zero-order valence-corrected chi connectivity index (χ0v) is 10.9. The average molecular weight is 250 g/mol. The second kappa shape index (κ2) is 4.89. The van der Waals surface area contributed by atoms with Crippen molar-refractivity contribution in [2.24, 2.45) is 7.05 Å². The highest BCUT2D eigenvalue weighted by molar-refractivity contribution is 6.01. The van der Waals surface area contributed by atoms with Crippen molar-refractivity contribution in [3.63, 3.8) is 0 Å². The molecule has 6 heteroatoms. The largest absolute Gasteiger partial charge is 0.297 e. The summed E-state index contributed by atoms with van der Waals surface area (Å²) in [7, 11) is 1.82. The molecule has 0 aliphatic carbocycles. The van der Waals surface area contributed by atoms with Crippen molar-refractivity contribution < 1.29 is 9.59 Å². The van der Waals surface area contributed by atoms with Gasteiger partial charge >= 0.3 is 0 Å². The minimum Gasteiger partial charge on any atom is -0.297 e. The van der Waals surface area contributed by atoms with E-state index in [-0.39, 0.29) is 24.4 Å². The van der Waals surface area contributed by atoms with Crippen molar-refractivity contribution in [2.75, 3.05) is 6.54 Å². The van der Waals surface area contributed by atoms with E-state index in [0.29, 0.717) is 13.0 Å². The Labute approximate surface area is 106 Å². The summed E-state index contributed by atoms with van der Waals surface area (Å²) in [6, 6.07) is 1.64. The molecule has 1 fully saturated rings. The van der Waals surface area contributed by atoms with E-state index in [9.17, 15) is 9.59 Å². The quantitative estimate of drug-likeness (QED) is 0.765. The van der Waals surface area contributed by atoms with E-state index in [1.54, 1.807) is 4.68 Å². The van der Waals surface area contributed by atoms with Gasteiger partial charge in [0.05, 0.1) is 30.5 Å². The molecule has 0 saturated carbocycles. The fraction of sp³-hybridized carbons (Fsp3) is 0.583. The molecular weight excluding hydrogens is 232 g/mol. The summed E-state index contributed by atoms with van der Waals surface area (Å²) < 4.78 is 1.71. The lowest BCUT2D eigenvalue weighted by molar-refractivity contribution is -0.150. The Morgan fingerprint density at radius 3 is 2.78 bits per heavy atom. The monoisotopic (exact) mass is 250 g/mol. The second-order valence-corrected chi connectivity index (χ2v) is 4.56. The Hall–Kier alpha value is -1.69. The molecule has 2 amide bonds. The maximum atomic E-state index is 12.1. The minimum absolute atomic E-state index is 0.146. The van der Waals surface area contributed by atoms with E-state index in [2.05, 4.69) is 10.4 Å². The minimum atomic E-state index is -0.253. The van der Waals surface area contributed by atoms with Gasteiger partial charge in [0.15, 0.2) is 0 Å². The molecule has 1 aliphatic heterocycles. The number of nitrogens with zero attached hydrogens (tertiary/aromatic N) is 3. The van der Waals surface area contributed by atoms with E-state index >= 15 is 0 Å². The Bertz CT molecular complexity index is 480. The highest BCUT2D eigenvalue weighted by Crippen LogP contribution is 2.12. The molecule has 0 aromatic carbocycles. The lowest BCUT2D eigenvalue weighted by Crippen LogP contribution is -2.57. The fourth-order valence-electron chi connectivity index (χ4n) is 2.16. The number of imide groups is 1. The molecular formula is C12H18N4O2. The molecule has 1 atom stereocenters. The van der Waals surface area contributed by atoms with Crippen LogP contribution in [0.2, 0.25) is 0 Å². The van der Waals surface area contributed by atoms with Gasteiger partial charge in [0, 0.05) is 7.05 Å². The summed E-state index contributed by atoms with van der Waals surface area (Å²) >= 11 is 0. The number of rotatable bonds is 3. The maximum absolute atomic E-state index is 12.1. The van der Waals surface area contributed by atoms with Crippen LogP contribution in [0.25, 0.3) is 0 Å². The van der Waals surface area contributed by atoms with Crippen molar-refractivity contribution in [1.29, 1.82) is 0 Å². The van der Waals surface area contributed by atoms with Gasteiger partial charge in [-0.2, -0.15) is 5.10 Å². The second-order valence-electron chi connectivity index (χ2n) is 4.56. The number of amides is 2. The van der Waals surface area contributed by atoms with Crippen LogP contribution in [0.4, 0.5) is 0 Å². The molecule has 1 aromatic heterocycles. The Morgan fingerprint density at radius 2 is 2.22 bits per heavy atom. The average Bonchev–Trinajstić information content (AvgIpc) is 2.63. The molecule has 1 saturated heterocycles. The van der Waals surface area contributed by atoms with Crippen LogP contribution in [0, 0.1) is 6.92 Å². The van der Waals surface area contributed by atoms with Crippen molar-refractivity contribution >= 4 is 11.8 Å². The number of carbonyl (C=O) groups is 2. The number of nitrogens with one attached hydrogen (secondary N) is 1. The third kappa shape index (κ3) is 2.28. The van der Waals surface area contributed by atoms with Crippen molar-refractivity contribution in [1.82, 2.24) is 20.0 Å². The van der Waals surface area contributed by atoms with Crippen molar-refractivity contribution in [3.8, 4) is 0 Å². The van der Waals surface area contributed by atoms with Gasteiger partial charge in [-0.05, 0) is 19.4 Å². The summed E-state index contributed by atoms with van der Waals surface area (Å²) in [5.41, 5.74) is 1.75. The van der Waals surface area contributed by atoms with Gasteiger partial charge in [0.25, 0.3) is 0 Å². The summed E-state index contributed by atoms with van der Waals surface area (Å²) in [4.78, 5) is 25.2. The predicted molar refractivity (Wildman–Crippen MR) is 65.6 cm³/mol. The van der Waals surface area contributed by atoms with Crippen LogP contribution >= 0.6 is 0 Å². The first-order valence-corrected chi connectivity index (χ1v) is 6.10. The topological polar surface area (TPSA) is 67.2 Å². The predicted octanol–water partition coefficient (Wildman–Crippen LogP) is -0.0345. The van der Waals surface area contributed by atoms with Crippen LogP contribution in [-0.2, 0) is 23.2 Å². The fourth-order valence-corrected chi connectivity index (χ4v) is 2.16. The molecule has 2 heterocycles. The normalized spacial score (nSPS) is 20.6. The Morgan fingerprint density at radius 1 is 1.50 bits per heavy atom. The van der Waals surface area contributed by atoms with Crippen molar-refractivity contribution in [3.05, 3.63) is 17.5 Å². The molecule has 1 N–H and O–H groups in total. The van der Waals surface area contributed by atoms with E-state index in [0.717, 1.165) is 11.4 Å². The Kier molecular flexibility index (Phi) is 3.47. The molecule has 18 heavy (non-hydrogen) atoms. The van der Waals surface area contributed by atoms with E-state index in [1.165, 1.54) is 4.90 Å². The van der Waals surface area contributed by atoms with Gasteiger partial charge < -0.3 is 0 Å². The maximum Gasteiger partial charge on any atom is 0.246 e. The molecule has 1 aromatic rings. The number of hydrogen-bond donors (Lipinski definition) is 1.